The van der Waals surface area contributed by atoms with Crippen molar-refractivity contribution in [3.8, 4) is 0 Å². The molecule has 0 saturated heterocycles. The predicted octanol–water partition coefficient (Wildman–Crippen LogP) is 3.54. The summed E-state index contributed by atoms with van der Waals surface area (Å²) in [5.74, 6) is 0.841. The van der Waals surface area contributed by atoms with Gasteiger partial charge in [-0.2, -0.15) is 5.16 Å². The summed E-state index contributed by atoms with van der Waals surface area (Å²) in [6, 6.07) is 10.7. The smallest absolute Gasteiger partial charge is 0.284 e. The van der Waals surface area contributed by atoms with Gasteiger partial charge in [-0.1, -0.05) is 30.3 Å². The van der Waals surface area contributed by atoms with Crippen LogP contribution < -0.4 is 10.9 Å². The first-order valence-corrected chi connectivity index (χ1v) is 7.82. The lowest BCUT2D eigenvalue weighted by molar-refractivity contribution is 0.353. The molecule has 3 rings (SSSR count). The van der Waals surface area contributed by atoms with Gasteiger partial charge in [-0.3, -0.25) is 4.79 Å². The predicted molar refractivity (Wildman–Crippen MR) is 92.7 cm³/mol. The van der Waals surface area contributed by atoms with Gasteiger partial charge in [0.2, 0.25) is 0 Å². The van der Waals surface area contributed by atoms with E-state index in [1.807, 2.05) is 6.07 Å². The molecule has 22 heavy (non-hydrogen) atoms. The van der Waals surface area contributed by atoms with Gasteiger partial charge in [0.15, 0.2) is 0 Å². The minimum Gasteiger partial charge on any atom is -0.383 e. The molecule has 2 N–H and O–H groups in total. The fraction of sp³-hybridized carbons (Fsp3) is 0.471. The Hall–Kier alpha value is -1.33. The number of unbranched alkanes of at least 4 members (excludes halogenated alkanes) is 1. The number of benzene rings is 1. The summed E-state index contributed by atoms with van der Waals surface area (Å²) in [5.41, 5.74) is 2.15. The van der Waals surface area contributed by atoms with Crippen LogP contribution in [0.4, 0.5) is 0 Å². The second-order valence-electron chi connectivity index (χ2n) is 5.71. The number of H-pyrrole nitrogens is 1. The SMILES string of the molecule is Br.O=c1[nH]oc2c1[C@H](NCCCCc1ccccc1)CCC2. The molecule has 0 bridgehead atoms. The monoisotopic (exact) mass is 366 g/mol. The first-order chi connectivity index (χ1) is 10.3. The molecule has 0 amide bonds. The minimum absolute atomic E-state index is 0. The number of aryl methyl sites for hydroxylation is 2. The highest BCUT2D eigenvalue weighted by Gasteiger charge is 2.25. The second-order valence-corrected chi connectivity index (χ2v) is 5.71. The van der Waals surface area contributed by atoms with Crippen LogP contribution in [0.15, 0.2) is 39.6 Å². The summed E-state index contributed by atoms with van der Waals surface area (Å²) in [5, 5.41) is 5.97. The van der Waals surface area contributed by atoms with Gasteiger partial charge in [0, 0.05) is 12.5 Å². The van der Waals surface area contributed by atoms with Gasteiger partial charge in [0.25, 0.3) is 5.56 Å². The van der Waals surface area contributed by atoms with Crippen LogP contribution in [0.2, 0.25) is 0 Å². The lowest BCUT2D eigenvalue weighted by Crippen LogP contribution is -2.29. The Morgan fingerprint density at radius 2 is 2.05 bits per heavy atom. The molecule has 0 unspecified atom stereocenters. The maximum Gasteiger partial charge on any atom is 0.284 e. The van der Waals surface area contributed by atoms with Gasteiger partial charge >= 0.3 is 0 Å². The lowest BCUT2D eigenvalue weighted by Gasteiger charge is -2.21. The average Bonchev–Trinajstić information content (AvgIpc) is 2.90. The van der Waals surface area contributed by atoms with Crippen molar-refractivity contribution >= 4 is 17.0 Å². The molecule has 120 valence electrons. The first-order valence-electron chi connectivity index (χ1n) is 7.82. The summed E-state index contributed by atoms with van der Waals surface area (Å²) in [6.45, 7) is 0.946. The van der Waals surface area contributed by atoms with Crippen LogP contribution in [-0.2, 0) is 12.8 Å². The maximum atomic E-state index is 11.8. The van der Waals surface area contributed by atoms with E-state index < -0.39 is 0 Å². The largest absolute Gasteiger partial charge is 0.383 e. The molecule has 4 nitrogen and oxygen atoms in total. The highest BCUT2D eigenvalue weighted by atomic mass is 79.9. The molecule has 0 aliphatic heterocycles. The molecule has 0 spiro atoms. The zero-order valence-corrected chi connectivity index (χ0v) is 14.4. The minimum atomic E-state index is -0.0634. The molecular formula is C17H23BrN2O2. The summed E-state index contributed by atoms with van der Waals surface area (Å²) >= 11 is 0. The number of fused-ring (bicyclic) bond motifs is 1. The maximum absolute atomic E-state index is 11.8. The van der Waals surface area contributed by atoms with E-state index in [2.05, 4.69) is 34.7 Å². The number of aromatic nitrogens is 1. The van der Waals surface area contributed by atoms with Crippen molar-refractivity contribution in [3.05, 3.63) is 57.6 Å². The van der Waals surface area contributed by atoms with Gasteiger partial charge < -0.3 is 9.84 Å². The highest BCUT2D eigenvalue weighted by molar-refractivity contribution is 8.93. The van der Waals surface area contributed by atoms with Crippen molar-refractivity contribution in [2.75, 3.05) is 6.54 Å². The Bertz CT molecular complexity index is 621. The molecule has 0 radical (unpaired) electrons. The summed E-state index contributed by atoms with van der Waals surface area (Å²) in [6.07, 6.45) is 6.38. The average molecular weight is 367 g/mol. The molecule has 0 fully saturated rings. The molecular weight excluding hydrogens is 344 g/mol. The van der Waals surface area contributed by atoms with E-state index >= 15 is 0 Å². The van der Waals surface area contributed by atoms with Gasteiger partial charge in [-0.15, -0.1) is 17.0 Å². The molecule has 1 atom stereocenters. The van der Waals surface area contributed by atoms with E-state index in [1.165, 1.54) is 12.0 Å². The molecule has 1 aromatic heterocycles. The zero-order valence-electron chi connectivity index (χ0n) is 12.6. The Morgan fingerprint density at radius 3 is 2.86 bits per heavy atom. The van der Waals surface area contributed by atoms with Gasteiger partial charge in [-0.05, 0) is 44.2 Å². The second kappa shape index (κ2) is 8.34. The van der Waals surface area contributed by atoms with Crippen LogP contribution in [0.3, 0.4) is 0 Å². The highest BCUT2D eigenvalue weighted by Crippen LogP contribution is 2.26. The van der Waals surface area contributed by atoms with Gasteiger partial charge in [0.05, 0.1) is 5.56 Å². The van der Waals surface area contributed by atoms with Crippen molar-refractivity contribution in [1.29, 1.82) is 0 Å². The third-order valence-corrected chi connectivity index (χ3v) is 4.18. The number of hydrogen-bond donors (Lipinski definition) is 2. The summed E-state index contributed by atoms with van der Waals surface area (Å²) < 4.78 is 5.22. The number of hydrogen-bond acceptors (Lipinski definition) is 3. The van der Waals surface area contributed by atoms with Crippen LogP contribution in [0.5, 0.6) is 0 Å². The van der Waals surface area contributed by atoms with Crippen LogP contribution in [0.1, 0.15) is 48.6 Å². The van der Waals surface area contributed by atoms with Crippen LogP contribution in [0, 0.1) is 0 Å². The molecule has 2 aromatic rings. The number of halogens is 1. The van der Waals surface area contributed by atoms with Crippen molar-refractivity contribution in [2.24, 2.45) is 0 Å². The van der Waals surface area contributed by atoms with E-state index in [9.17, 15) is 4.79 Å². The third-order valence-electron chi connectivity index (χ3n) is 4.18. The van der Waals surface area contributed by atoms with Crippen molar-refractivity contribution in [3.63, 3.8) is 0 Å². The van der Waals surface area contributed by atoms with E-state index in [-0.39, 0.29) is 28.6 Å². The fourth-order valence-electron chi connectivity index (χ4n) is 3.07. The molecule has 1 aromatic carbocycles. The van der Waals surface area contributed by atoms with Crippen molar-refractivity contribution in [1.82, 2.24) is 10.5 Å². The van der Waals surface area contributed by atoms with E-state index in [0.717, 1.165) is 50.0 Å². The normalized spacial score (nSPS) is 16.8. The van der Waals surface area contributed by atoms with E-state index in [4.69, 9.17) is 4.52 Å². The summed E-state index contributed by atoms with van der Waals surface area (Å²) in [7, 11) is 0. The van der Waals surface area contributed by atoms with Crippen LogP contribution in [-0.4, -0.2) is 11.7 Å². The van der Waals surface area contributed by atoms with Crippen LogP contribution >= 0.6 is 17.0 Å². The zero-order chi connectivity index (χ0) is 14.5. The van der Waals surface area contributed by atoms with Crippen LogP contribution in [0.25, 0.3) is 0 Å². The first kappa shape index (κ1) is 17.0. The van der Waals surface area contributed by atoms with Crippen molar-refractivity contribution in [2.45, 2.75) is 44.6 Å². The Balaban J connectivity index is 0.00000176. The number of aromatic amines is 1. The molecule has 0 saturated carbocycles. The third kappa shape index (κ3) is 4.11. The quantitative estimate of drug-likeness (QED) is 0.768. The summed E-state index contributed by atoms with van der Waals surface area (Å²) in [4.78, 5) is 11.8. The van der Waals surface area contributed by atoms with E-state index in [1.54, 1.807) is 0 Å². The topological polar surface area (TPSA) is 58.0 Å². The lowest BCUT2D eigenvalue weighted by atomic mass is 9.93. The Morgan fingerprint density at radius 1 is 1.23 bits per heavy atom. The van der Waals surface area contributed by atoms with Gasteiger partial charge in [-0.25, -0.2) is 0 Å². The Labute approximate surface area is 141 Å². The van der Waals surface area contributed by atoms with E-state index in [0.29, 0.717) is 0 Å². The van der Waals surface area contributed by atoms with Gasteiger partial charge in [0.1, 0.15) is 5.76 Å². The molecule has 1 aliphatic carbocycles. The number of rotatable bonds is 6. The Kier molecular flexibility index (Phi) is 6.46. The van der Waals surface area contributed by atoms with Crippen molar-refractivity contribution < 1.29 is 4.52 Å². The molecule has 1 heterocycles. The molecule has 5 heteroatoms. The fourth-order valence-corrected chi connectivity index (χ4v) is 3.07. The molecule has 1 aliphatic rings. The number of nitrogens with one attached hydrogen (secondary N) is 2. The standard InChI is InChI=1S/C17H22N2O2.BrH/c20-17-16-14(10-6-11-15(16)21-19-17)18-12-5-4-9-13-7-2-1-3-8-13;/h1-3,7-8,14,18H,4-6,9-12H2,(H,19,20);1H/t14-;/m1./s1.